The molecule has 1 amide bonds. The second kappa shape index (κ2) is 5.75. The maximum Gasteiger partial charge on any atom is 0.226 e. The zero-order valence-electron chi connectivity index (χ0n) is 12.6. The summed E-state index contributed by atoms with van der Waals surface area (Å²) in [4.78, 5) is 17.5. The van der Waals surface area contributed by atoms with Gasteiger partial charge in [0.1, 0.15) is 0 Å². The molecular formula is C14H20N4OS. The van der Waals surface area contributed by atoms with Crippen molar-refractivity contribution in [2.75, 3.05) is 0 Å². The molecule has 0 radical (unpaired) electrons. The van der Waals surface area contributed by atoms with Crippen molar-refractivity contribution in [3.63, 3.8) is 0 Å². The second-order valence-electron chi connectivity index (χ2n) is 4.96. The van der Waals surface area contributed by atoms with E-state index in [-0.39, 0.29) is 5.91 Å². The van der Waals surface area contributed by atoms with Gasteiger partial charge in [-0.15, -0.1) is 11.3 Å². The van der Waals surface area contributed by atoms with Crippen molar-refractivity contribution < 1.29 is 4.79 Å². The molecule has 0 bridgehead atoms. The maximum absolute atomic E-state index is 12.0. The fourth-order valence-electron chi connectivity index (χ4n) is 2.21. The average Bonchev–Trinajstić information content (AvgIpc) is 2.78. The summed E-state index contributed by atoms with van der Waals surface area (Å²) in [6.45, 7) is 8.45. The number of carbonyl (C=O) groups excluding carboxylic acids is 1. The molecule has 5 nitrogen and oxygen atoms in total. The highest BCUT2D eigenvalue weighted by Crippen LogP contribution is 2.17. The first kappa shape index (κ1) is 14.7. The van der Waals surface area contributed by atoms with Gasteiger partial charge in [-0.1, -0.05) is 0 Å². The van der Waals surface area contributed by atoms with Gasteiger partial charge in [-0.2, -0.15) is 5.10 Å². The Morgan fingerprint density at radius 1 is 1.30 bits per heavy atom. The van der Waals surface area contributed by atoms with E-state index in [4.69, 9.17) is 0 Å². The van der Waals surface area contributed by atoms with E-state index in [9.17, 15) is 4.79 Å². The van der Waals surface area contributed by atoms with Crippen LogP contribution in [0.5, 0.6) is 0 Å². The lowest BCUT2D eigenvalue weighted by Gasteiger charge is -2.05. The first-order valence-electron chi connectivity index (χ1n) is 6.57. The molecule has 2 aromatic heterocycles. The van der Waals surface area contributed by atoms with E-state index in [1.165, 1.54) is 0 Å². The molecule has 0 aliphatic heterocycles. The van der Waals surface area contributed by atoms with Crippen LogP contribution in [0.4, 0.5) is 0 Å². The maximum atomic E-state index is 12.0. The number of thiazole rings is 1. The van der Waals surface area contributed by atoms with Crippen LogP contribution in [0.3, 0.4) is 0 Å². The molecule has 2 heterocycles. The lowest BCUT2D eigenvalue weighted by Crippen LogP contribution is -2.25. The van der Waals surface area contributed by atoms with Crippen molar-refractivity contribution >= 4 is 17.2 Å². The molecule has 2 rings (SSSR count). The monoisotopic (exact) mass is 292 g/mol. The van der Waals surface area contributed by atoms with Gasteiger partial charge in [-0.05, 0) is 27.7 Å². The largest absolute Gasteiger partial charge is 0.352 e. The van der Waals surface area contributed by atoms with Gasteiger partial charge in [0.2, 0.25) is 5.91 Å². The molecule has 108 valence electrons. The van der Waals surface area contributed by atoms with E-state index in [1.807, 2.05) is 39.4 Å². The Hall–Kier alpha value is -1.69. The molecule has 0 aliphatic rings. The van der Waals surface area contributed by atoms with Gasteiger partial charge < -0.3 is 5.32 Å². The lowest BCUT2D eigenvalue weighted by atomic mass is 10.2. The molecule has 0 aromatic carbocycles. The van der Waals surface area contributed by atoms with Crippen LogP contribution >= 0.6 is 11.3 Å². The van der Waals surface area contributed by atoms with Gasteiger partial charge in [0.05, 0.1) is 22.8 Å². The molecule has 0 saturated heterocycles. The smallest absolute Gasteiger partial charge is 0.226 e. The van der Waals surface area contributed by atoms with Crippen LogP contribution in [0.15, 0.2) is 0 Å². The number of nitrogens with zero attached hydrogens (tertiary/aromatic N) is 3. The molecular weight excluding hydrogens is 272 g/mol. The van der Waals surface area contributed by atoms with Gasteiger partial charge in [-0.3, -0.25) is 9.48 Å². The Morgan fingerprint density at radius 2 is 2.00 bits per heavy atom. The SMILES string of the molecule is Cc1nc(CC(=O)NCc2c(C)nn(C)c2C)c(C)s1. The zero-order chi connectivity index (χ0) is 14.9. The number of rotatable bonds is 4. The highest BCUT2D eigenvalue weighted by atomic mass is 32.1. The fraction of sp³-hybridized carbons (Fsp3) is 0.500. The van der Waals surface area contributed by atoms with E-state index in [2.05, 4.69) is 15.4 Å². The minimum Gasteiger partial charge on any atom is -0.352 e. The molecule has 0 saturated carbocycles. The molecule has 6 heteroatoms. The van der Waals surface area contributed by atoms with E-state index in [0.717, 1.165) is 32.5 Å². The third kappa shape index (κ3) is 3.07. The first-order valence-corrected chi connectivity index (χ1v) is 7.38. The van der Waals surface area contributed by atoms with Crippen LogP contribution < -0.4 is 5.32 Å². The van der Waals surface area contributed by atoms with Crippen molar-refractivity contribution in [1.82, 2.24) is 20.1 Å². The fourth-order valence-corrected chi connectivity index (χ4v) is 3.05. The van der Waals surface area contributed by atoms with E-state index >= 15 is 0 Å². The number of hydrogen-bond acceptors (Lipinski definition) is 4. The van der Waals surface area contributed by atoms with Crippen molar-refractivity contribution in [1.29, 1.82) is 0 Å². The lowest BCUT2D eigenvalue weighted by molar-refractivity contribution is -0.120. The van der Waals surface area contributed by atoms with Gasteiger partial charge in [0.15, 0.2) is 0 Å². The minimum absolute atomic E-state index is 0.000975. The summed E-state index contributed by atoms with van der Waals surface area (Å²) in [5, 5.41) is 8.30. The van der Waals surface area contributed by atoms with Crippen LogP contribution in [0.1, 0.15) is 32.5 Å². The standard InChI is InChI=1S/C14H20N4OS/c1-8-12(9(2)18(5)17-8)7-15-14(19)6-13-10(3)20-11(4)16-13/h6-7H2,1-5H3,(H,15,19). The van der Waals surface area contributed by atoms with Crippen molar-refractivity contribution in [3.05, 3.63) is 32.5 Å². The number of hydrogen-bond donors (Lipinski definition) is 1. The van der Waals surface area contributed by atoms with E-state index < -0.39 is 0 Å². The molecule has 2 aromatic rings. The number of aryl methyl sites for hydroxylation is 4. The predicted molar refractivity (Wildman–Crippen MR) is 79.8 cm³/mol. The summed E-state index contributed by atoms with van der Waals surface area (Å²) < 4.78 is 1.84. The van der Waals surface area contributed by atoms with Crippen LogP contribution in [-0.2, 0) is 24.8 Å². The third-order valence-corrected chi connectivity index (χ3v) is 4.38. The van der Waals surface area contributed by atoms with Crippen molar-refractivity contribution in [3.8, 4) is 0 Å². The topological polar surface area (TPSA) is 59.8 Å². The molecule has 0 aliphatic carbocycles. The van der Waals surface area contributed by atoms with Crippen molar-refractivity contribution in [2.24, 2.45) is 7.05 Å². The quantitative estimate of drug-likeness (QED) is 0.937. The molecule has 0 spiro atoms. The Morgan fingerprint density at radius 3 is 2.50 bits per heavy atom. The summed E-state index contributed by atoms with van der Waals surface area (Å²) >= 11 is 1.63. The summed E-state index contributed by atoms with van der Waals surface area (Å²) in [5.41, 5.74) is 4.02. The summed E-state index contributed by atoms with van der Waals surface area (Å²) in [5.74, 6) is 0.000975. The Kier molecular flexibility index (Phi) is 4.23. The van der Waals surface area contributed by atoms with Gasteiger partial charge in [0.25, 0.3) is 0 Å². The number of amides is 1. The van der Waals surface area contributed by atoms with Gasteiger partial charge in [0, 0.05) is 29.7 Å². The number of carbonyl (C=O) groups is 1. The van der Waals surface area contributed by atoms with Crippen LogP contribution in [0.25, 0.3) is 0 Å². The van der Waals surface area contributed by atoms with Crippen LogP contribution in [-0.4, -0.2) is 20.7 Å². The molecule has 1 N–H and O–H groups in total. The van der Waals surface area contributed by atoms with Crippen LogP contribution in [0, 0.1) is 27.7 Å². The average molecular weight is 292 g/mol. The Balaban J connectivity index is 1.97. The molecule has 20 heavy (non-hydrogen) atoms. The Labute approximate surface area is 123 Å². The molecule has 0 unspecified atom stereocenters. The summed E-state index contributed by atoms with van der Waals surface area (Å²) in [6.07, 6.45) is 0.342. The van der Waals surface area contributed by atoms with E-state index in [1.54, 1.807) is 11.3 Å². The highest BCUT2D eigenvalue weighted by Gasteiger charge is 2.13. The van der Waals surface area contributed by atoms with Gasteiger partial charge >= 0.3 is 0 Å². The first-order chi connectivity index (χ1) is 9.38. The van der Waals surface area contributed by atoms with Crippen LogP contribution in [0.2, 0.25) is 0 Å². The summed E-state index contributed by atoms with van der Waals surface area (Å²) in [6, 6.07) is 0. The summed E-state index contributed by atoms with van der Waals surface area (Å²) in [7, 11) is 1.91. The third-order valence-electron chi connectivity index (χ3n) is 3.45. The molecule has 0 atom stereocenters. The predicted octanol–water partition coefficient (Wildman–Crippen LogP) is 1.97. The number of aromatic nitrogens is 3. The normalized spacial score (nSPS) is 10.8. The minimum atomic E-state index is 0.000975. The van der Waals surface area contributed by atoms with Crippen molar-refractivity contribution in [2.45, 2.75) is 40.7 Å². The highest BCUT2D eigenvalue weighted by molar-refractivity contribution is 7.11. The zero-order valence-corrected chi connectivity index (χ0v) is 13.4. The van der Waals surface area contributed by atoms with E-state index in [0.29, 0.717) is 13.0 Å². The Bertz CT molecular complexity index is 642. The molecule has 0 fully saturated rings. The van der Waals surface area contributed by atoms with Gasteiger partial charge in [-0.25, -0.2) is 4.98 Å². The number of nitrogens with one attached hydrogen (secondary N) is 1. The second-order valence-corrected chi connectivity index (χ2v) is 6.37.